The van der Waals surface area contributed by atoms with Crippen LogP contribution in [-0.4, -0.2) is 22.7 Å². The number of hydrogen-bond donors (Lipinski definition) is 1. The van der Waals surface area contributed by atoms with Crippen molar-refractivity contribution in [1.82, 2.24) is 5.32 Å². The van der Waals surface area contributed by atoms with Crippen molar-refractivity contribution in [3.63, 3.8) is 0 Å². The van der Waals surface area contributed by atoms with Crippen LogP contribution in [0.25, 0.3) is 0 Å². The summed E-state index contributed by atoms with van der Waals surface area (Å²) in [6.07, 6.45) is 0. The maximum absolute atomic E-state index is 13.8. The molecule has 0 saturated carbocycles. The molecule has 1 amide bonds. The van der Waals surface area contributed by atoms with Crippen molar-refractivity contribution >= 4 is 17.4 Å². The van der Waals surface area contributed by atoms with Crippen molar-refractivity contribution < 1.29 is 18.5 Å². The molecule has 0 saturated heterocycles. The maximum atomic E-state index is 13.8. The molecule has 1 unspecified atom stereocenters. The van der Waals surface area contributed by atoms with Crippen molar-refractivity contribution in [3.8, 4) is 0 Å². The normalized spacial score (nSPS) is 18.5. The average molecular weight is 255 g/mol. The minimum Gasteiger partial charge on any atom is -0.308 e. The average Bonchev–Trinajstić information content (AvgIpc) is 2.58. The largest absolute Gasteiger partial charge is 0.308 e. The Morgan fingerprint density at radius 2 is 2.11 bits per heavy atom. The fourth-order valence-electron chi connectivity index (χ4n) is 1.53. The molecular formula is C10H7F2N3O3. The summed E-state index contributed by atoms with van der Waals surface area (Å²) in [5.41, 5.74) is -1.56. The third-order valence-corrected chi connectivity index (χ3v) is 2.45. The lowest BCUT2D eigenvalue weighted by Gasteiger charge is -2.04. The highest BCUT2D eigenvalue weighted by Crippen LogP contribution is 2.24. The Hall–Kier alpha value is -2.38. The van der Waals surface area contributed by atoms with Crippen LogP contribution < -0.4 is 5.32 Å². The van der Waals surface area contributed by atoms with Crippen LogP contribution in [-0.2, 0) is 4.79 Å². The van der Waals surface area contributed by atoms with Crippen molar-refractivity contribution in [2.24, 2.45) is 4.99 Å². The van der Waals surface area contributed by atoms with E-state index in [1.165, 1.54) is 6.92 Å². The van der Waals surface area contributed by atoms with E-state index in [0.29, 0.717) is 0 Å². The summed E-state index contributed by atoms with van der Waals surface area (Å²) in [7, 11) is 0. The topological polar surface area (TPSA) is 84.6 Å². The first kappa shape index (κ1) is 12.1. The molecule has 1 heterocycles. The van der Waals surface area contributed by atoms with Crippen LogP contribution in [0.1, 0.15) is 12.5 Å². The Morgan fingerprint density at radius 1 is 1.44 bits per heavy atom. The highest BCUT2D eigenvalue weighted by Gasteiger charge is 2.30. The molecule has 1 aliphatic rings. The van der Waals surface area contributed by atoms with Crippen molar-refractivity contribution in [1.29, 1.82) is 0 Å². The van der Waals surface area contributed by atoms with E-state index in [9.17, 15) is 23.7 Å². The quantitative estimate of drug-likeness (QED) is 0.635. The summed E-state index contributed by atoms with van der Waals surface area (Å²) >= 11 is 0. The van der Waals surface area contributed by atoms with Crippen LogP contribution in [0.15, 0.2) is 17.1 Å². The smallest absolute Gasteiger partial charge is 0.305 e. The third kappa shape index (κ3) is 1.81. The van der Waals surface area contributed by atoms with E-state index in [0.717, 1.165) is 12.1 Å². The number of hydrogen-bond acceptors (Lipinski definition) is 4. The summed E-state index contributed by atoms with van der Waals surface area (Å²) in [5.74, 6) is -3.22. The zero-order valence-corrected chi connectivity index (χ0v) is 9.11. The monoisotopic (exact) mass is 255 g/mol. The number of nitro groups is 1. The molecule has 1 aromatic rings. The van der Waals surface area contributed by atoms with E-state index in [-0.39, 0.29) is 5.84 Å². The van der Waals surface area contributed by atoms with E-state index in [1.807, 2.05) is 0 Å². The molecular weight excluding hydrogens is 248 g/mol. The van der Waals surface area contributed by atoms with Crippen LogP contribution in [0.3, 0.4) is 0 Å². The van der Waals surface area contributed by atoms with Gasteiger partial charge in [-0.05, 0) is 13.0 Å². The number of rotatable bonds is 2. The third-order valence-electron chi connectivity index (χ3n) is 2.45. The molecule has 2 rings (SSSR count). The first-order valence-corrected chi connectivity index (χ1v) is 4.93. The van der Waals surface area contributed by atoms with Gasteiger partial charge in [0.05, 0.1) is 10.5 Å². The number of amides is 1. The number of benzene rings is 1. The minimum absolute atomic E-state index is 0.328. The summed E-state index contributed by atoms with van der Waals surface area (Å²) < 4.78 is 27.3. The van der Waals surface area contributed by atoms with Gasteiger partial charge in [-0.15, -0.1) is 0 Å². The van der Waals surface area contributed by atoms with Gasteiger partial charge in [0.1, 0.15) is 17.7 Å². The molecule has 1 atom stereocenters. The molecule has 94 valence electrons. The maximum Gasteiger partial charge on any atom is 0.305 e. The first-order chi connectivity index (χ1) is 8.41. The van der Waals surface area contributed by atoms with Gasteiger partial charge in [-0.25, -0.2) is 4.39 Å². The summed E-state index contributed by atoms with van der Waals surface area (Å²) in [6.45, 7) is 1.44. The molecule has 0 bridgehead atoms. The summed E-state index contributed by atoms with van der Waals surface area (Å²) in [4.78, 5) is 24.5. The van der Waals surface area contributed by atoms with E-state index < -0.39 is 39.8 Å². The second-order valence-corrected chi connectivity index (χ2v) is 3.66. The van der Waals surface area contributed by atoms with E-state index in [2.05, 4.69) is 10.3 Å². The lowest BCUT2D eigenvalue weighted by Crippen LogP contribution is -2.29. The van der Waals surface area contributed by atoms with Gasteiger partial charge in [0.15, 0.2) is 0 Å². The van der Waals surface area contributed by atoms with Gasteiger partial charge in [-0.3, -0.25) is 19.9 Å². The standard InChI is InChI=1S/C10H7F2N3O3/c1-4-10(16)14-9(13-4)7-5(11)2-3-6(8(7)12)15(17)18/h2-4H,1H3,(H,13,14,16). The van der Waals surface area contributed by atoms with Crippen molar-refractivity contribution in [2.75, 3.05) is 0 Å². The lowest BCUT2D eigenvalue weighted by molar-refractivity contribution is -0.387. The molecule has 8 heteroatoms. The predicted molar refractivity (Wildman–Crippen MR) is 57.2 cm³/mol. The number of carbonyl (C=O) groups excluding carboxylic acids is 1. The lowest BCUT2D eigenvalue weighted by atomic mass is 10.1. The fourth-order valence-corrected chi connectivity index (χ4v) is 1.53. The minimum atomic E-state index is -1.35. The van der Waals surface area contributed by atoms with E-state index in [1.54, 1.807) is 0 Å². The van der Waals surface area contributed by atoms with Crippen LogP contribution >= 0.6 is 0 Å². The SMILES string of the molecule is CC1N=C(c2c(F)ccc([N+](=O)[O-])c2F)NC1=O. The van der Waals surface area contributed by atoms with E-state index >= 15 is 0 Å². The molecule has 1 N–H and O–H groups in total. The highest BCUT2D eigenvalue weighted by atomic mass is 19.1. The number of carbonyl (C=O) groups is 1. The van der Waals surface area contributed by atoms with Gasteiger partial charge >= 0.3 is 5.69 Å². The number of halogens is 2. The second-order valence-electron chi connectivity index (χ2n) is 3.66. The number of aliphatic imine (C=N–C) groups is 1. The van der Waals surface area contributed by atoms with Crippen LogP contribution in [0, 0.1) is 21.7 Å². The second kappa shape index (κ2) is 4.13. The number of nitrogens with zero attached hydrogens (tertiary/aromatic N) is 2. The Morgan fingerprint density at radius 3 is 2.61 bits per heavy atom. The fraction of sp³-hybridized carbons (Fsp3) is 0.200. The molecule has 0 fully saturated rings. The Balaban J connectivity index is 2.58. The van der Waals surface area contributed by atoms with Crippen LogP contribution in [0.5, 0.6) is 0 Å². The van der Waals surface area contributed by atoms with Gasteiger partial charge in [0.25, 0.3) is 0 Å². The van der Waals surface area contributed by atoms with Crippen LogP contribution in [0.4, 0.5) is 14.5 Å². The molecule has 18 heavy (non-hydrogen) atoms. The van der Waals surface area contributed by atoms with Crippen LogP contribution in [0.2, 0.25) is 0 Å². The molecule has 0 radical (unpaired) electrons. The van der Waals surface area contributed by atoms with Gasteiger partial charge in [0, 0.05) is 6.07 Å². The van der Waals surface area contributed by atoms with Gasteiger partial charge in [-0.2, -0.15) is 4.39 Å². The van der Waals surface area contributed by atoms with E-state index in [4.69, 9.17) is 0 Å². The van der Waals surface area contributed by atoms with Crippen molar-refractivity contribution in [2.45, 2.75) is 13.0 Å². The molecule has 0 aliphatic carbocycles. The van der Waals surface area contributed by atoms with Crippen molar-refractivity contribution in [3.05, 3.63) is 39.4 Å². The Kier molecular flexibility index (Phi) is 2.77. The first-order valence-electron chi connectivity index (χ1n) is 4.93. The van der Waals surface area contributed by atoms with Gasteiger partial charge in [-0.1, -0.05) is 0 Å². The number of nitrogens with one attached hydrogen (secondary N) is 1. The molecule has 6 nitrogen and oxygen atoms in total. The number of amidine groups is 1. The highest BCUT2D eigenvalue weighted by molar-refractivity contribution is 6.14. The predicted octanol–water partition coefficient (Wildman–Crippen LogP) is 1.14. The summed E-state index contributed by atoms with van der Waals surface area (Å²) in [5, 5.41) is 12.7. The molecule has 1 aromatic carbocycles. The molecule has 0 aromatic heterocycles. The zero-order valence-electron chi connectivity index (χ0n) is 9.11. The molecule has 1 aliphatic heterocycles. The molecule has 0 spiro atoms. The Labute approximate surface area is 99.5 Å². The summed E-state index contributed by atoms with van der Waals surface area (Å²) in [6, 6.07) is 0.696. The van der Waals surface area contributed by atoms with Gasteiger partial charge in [0.2, 0.25) is 11.7 Å². The number of nitro benzene ring substituents is 1. The zero-order chi connectivity index (χ0) is 13.4. The van der Waals surface area contributed by atoms with Gasteiger partial charge < -0.3 is 5.32 Å². The Bertz CT molecular complexity index is 586.